The second-order valence-corrected chi connectivity index (χ2v) is 18.5. The normalized spacial score (nSPS) is 42.8. The third-order valence-corrected chi connectivity index (χ3v) is 15.1. The fourth-order valence-electron chi connectivity index (χ4n) is 13.9. The molecule has 0 radical (unpaired) electrons. The molecule has 2 aromatic carbocycles. The van der Waals surface area contributed by atoms with Crippen LogP contribution in [-0.2, 0) is 12.8 Å². The number of hydrogen-bond acceptors (Lipinski definition) is 3. The summed E-state index contributed by atoms with van der Waals surface area (Å²) in [6.07, 6.45) is 17.6. The van der Waals surface area contributed by atoms with Crippen LogP contribution in [0.15, 0.2) is 60.7 Å². The fourth-order valence-corrected chi connectivity index (χ4v) is 13.9. The Balaban J connectivity index is 1.04. The minimum absolute atomic E-state index is 0.0573. The van der Waals surface area contributed by atoms with Crippen molar-refractivity contribution in [3.8, 4) is 0 Å². The molecule has 1 heterocycles. The highest BCUT2D eigenvalue weighted by Crippen LogP contribution is 2.62. The summed E-state index contributed by atoms with van der Waals surface area (Å²) in [6.45, 7) is 1.36. The van der Waals surface area contributed by atoms with Crippen molar-refractivity contribution in [3.63, 3.8) is 0 Å². The van der Waals surface area contributed by atoms with Crippen LogP contribution in [0, 0.1) is 46.3 Å². The highest BCUT2D eigenvalue weighted by atomic mass is 16.3. The van der Waals surface area contributed by atoms with Crippen LogP contribution in [0.25, 0.3) is 0 Å². The molecule has 0 aromatic heterocycles. The number of hydrogen-bond donors (Lipinski definition) is 2. The van der Waals surface area contributed by atoms with E-state index in [0.29, 0.717) is 36.8 Å². The molecule has 1 aliphatic heterocycles. The molecule has 2 aromatic rings. The molecule has 9 fully saturated rings. The van der Waals surface area contributed by atoms with E-state index < -0.39 is 24.3 Å². The number of aliphatic hydroxyl groups is 2. The number of nitrogens with zero attached hydrogens (tertiary/aromatic N) is 2. The summed E-state index contributed by atoms with van der Waals surface area (Å²) in [4.78, 5) is 19.4. The van der Waals surface area contributed by atoms with Gasteiger partial charge >= 0.3 is 6.03 Å². The molecule has 48 heavy (non-hydrogen) atoms. The first-order valence-electron chi connectivity index (χ1n) is 19.8. The smallest absolute Gasteiger partial charge is 0.320 e. The topological polar surface area (TPSA) is 64.0 Å². The van der Waals surface area contributed by atoms with Gasteiger partial charge in [0.25, 0.3) is 0 Å². The summed E-state index contributed by atoms with van der Waals surface area (Å²) in [7, 11) is 0. The number of benzene rings is 2. The van der Waals surface area contributed by atoms with E-state index >= 15 is 4.79 Å². The standard InChI is InChI=1S/C43H58N2O3/c46-39-37(21-29-7-3-1-4-8-29)44(13-11-42-23-31-15-32(24-42)17-33(16-31)25-42)41(48)45(38(40(39)47)22-30-9-5-2-6-10-30)14-12-43-26-34-18-35(27-43)20-36(19-34)28-43/h1-10,31-40,46-47H,11-28H2/t31?,32?,33?,34?,35?,36?,37-,38-,39+,40+,42?,43?/m1/s1. The Morgan fingerprint density at radius 2 is 0.833 bits per heavy atom. The van der Waals surface area contributed by atoms with Crippen LogP contribution >= 0.6 is 0 Å². The van der Waals surface area contributed by atoms with Crippen LogP contribution in [0.4, 0.5) is 4.79 Å². The molecular weight excluding hydrogens is 592 g/mol. The SMILES string of the molecule is O=C1N(CCC23CC4CC(CC(C4)C2)C3)[C@H](Cc2ccccc2)[C@H](O)[C@@H](O)[C@@H](Cc2ccccc2)N1CCC12CC3CC(CC(C3)C1)C2. The van der Waals surface area contributed by atoms with Crippen LogP contribution in [0.5, 0.6) is 0 Å². The molecule has 2 amide bonds. The summed E-state index contributed by atoms with van der Waals surface area (Å²) in [5, 5.41) is 24.4. The zero-order chi connectivity index (χ0) is 32.5. The summed E-state index contributed by atoms with van der Waals surface area (Å²) in [5.41, 5.74) is 2.91. The molecule has 9 aliphatic rings. The maximum atomic E-state index is 15.3. The minimum atomic E-state index is -1.01. The van der Waals surface area contributed by atoms with E-state index in [9.17, 15) is 10.2 Å². The lowest BCUT2D eigenvalue weighted by Gasteiger charge is -2.57. The lowest BCUT2D eigenvalue weighted by Crippen LogP contribution is -2.54. The average molecular weight is 651 g/mol. The lowest BCUT2D eigenvalue weighted by atomic mass is 9.49. The van der Waals surface area contributed by atoms with Gasteiger partial charge in [-0.2, -0.15) is 0 Å². The van der Waals surface area contributed by atoms with Crippen molar-refractivity contribution in [2.75, 3.05) is 13.1 Å². The van der Waals surface area contributed by atoms with E-state index in [0.717, 1.165) is 59.5 Å². The predicted octanol–water partition coefficient (Wildman–Crippen LogP) is 7.88. The van der Waals surface area contributed by atoms with Gasteiger partial charge in [-0.25, -0.2) is 4.79 Å². The molecule has 8 saturated carbocycles. The Hall–Kier alpha value is -2.37. The molecule has 11 rings (SSSR count). The average Bonchev–Trinajstić information content (AvgIpc) is 3.12. The van der Waals surface area contributed by atoms with Crippen LogP contribution in [0.2, 0.25) is 0 Å². The van der Waals surface area contributed by atoms with Crippen molar-refractivity contribution >= 4 is 6.03 Å². The summed E-state index contributed by atoms with van der Waals surface area (Å²) in [5.74, 6) is 5.23. The lowest BCUT2D eigenvalue weighted by molar-refractivity contribution is -0.0673. The van der Waals surface area contributed by atoms with Crippen molar-refractivity contribution in [1.29, 1.82) is 0 Å². The van der Waals surface area contributed by atoms with Gasteiger partial charge in [0.2, 0.25) is 0 Å². The molecule has 8 aliphatic carbocycles. The number of carbonyl (C=O) groups is 1. The first-order valence-corrected chi connectivity index (χ1v) is 19.8. The molecule has 5 nitrogen and oxygen atoms in total. The number of rotatable bonds is 10. The summed E-state index contributed by atoms with van der Waals surface area (Å²) in [6, 6.07) is 19.8. The molecule has 4 atom stereocenters. The molecule has 1 saturated heterocycles. The molecule has 8 bridgehead atoms. The van der Waals surface area contributed by atoms with Crippen LogP contribution in [-0.4, -0.2) is 63.4 Å². The Labute approximate surface area is 288 Å². The Morgan fingerprint density at radius 1 is 0.521 bits per heavy atom. The molecular formula is C43H58N2O3. The van der Waals surface area contributed by atoms with Gasteiger partial charge in [0.15, 0.2) is 0 Å². The highest BCUT2D eigenvalue weighted by Gasteiger charge is 2.54. The van der Waals surface area contributed by atoms with Gasteiger partial charge < -0.3 is 20.0 Å². The van der Waals surface area contributed by atoms with Crippen LogP contribution in [0.3, 0.4) is 0 Å². The van der Waals surface area contributed by atoms with Gasteiger partial charge in [-0.3, -0.25) is 0 Å². The van der Waals surface area contributed by atoms with E-state index in [2.05, 4.69) is 34.1 Å². The van der Waals surface area contributed by atoms with Gasteiger partial charge in [-0.1, -0.05) is 60.7 Å². The van der Waals surface area contributed by atoms with E-state index in [1.165, 1.54) is 77.0 Å². The van der Waals surface area contributed by atoms with Crippen molar-refractivity contribution in [1.82, 2.24) is 9.80 Å². The molecule has 2 N–H and O–H groups in total. The Morgan fingerprint density at radius 3 is 1.15 bits per heavy atom. The Kier molecular flexibility index (Phi) is 8.19. The number of amides is 2. The van der Waals surface area contributed by atoms with E-state index in [-0.39, 0.29) is 6.03 Å². The second-order valence-electron chi connectivity index (χ2n) is 18.5. The largest absolute Gasteiger partial charge is 0.388 e. The van der Waals surface area contributed by atoms with E-state index in [1.54, 1.807) is 0 Å². The van der Waals surface area contributed by atoms with Crippen molar-refractivity contribution < 1.29 is 15.0 Å². The van der Waals surface area contributed by atoms with E-state index in [1.807, 2.05) is 36.4 Å². The van der Waals surface area contributed by atoms with Crippen LogP contribution in [0.1, 0.15) is 101 Å². The molecule has 0 unspecified atom stereocenters. The first kappa shape index (κ1) is 31.6. The summed E-state index contributed by atoms with van der Waals surface area (Å²) < 4.78 is 0. The third-order valence-electron chi connectivity index (χ3n) is 15.1. The highest BCUT2D eigenvalue weighted by molar-refractivity contribution is 5.76. The quantitative estimate of drug-likeness (QED) is 0.275. The van der Waals surface area contributed by atoms with Crippen molar-refractivity contribution in [2.24, 2.45) is 46.3 Å². The summed E-state index contributed by atoms with van der Waals surface area (Å²) >= 11 is 0. The van der Waals surface area contributed by atoms with Crippen molar-refractivity contribution in [2.45, 2.75) is 127 Å². The maximum Gasteiger partial charge on any atom is 0.320 e. The number of urea groups is 1. The first-order chi connectivity index (χ1) is 23.3. The number of carbonyl (C=O) groups excluding carboxylic acids is 1. The predicted molar refractivity (Wildman–Crippen MR) is 189 cm³/mol. The minimum Gasteiger partial charge on any atom is -0.388 e. The zero-order valence-electron chi connectivity index (χ0n) is 29.0. The monoisotopic (exact) mass is 650 g/mol. The third kappa shape index (κ3) is 5.93. The second kappa shape index (κ2) is 12.4. The molecule has 0 spiro atoms. The van der Waals surface area contributed by atoms with Gasteiger partial charge in [0, 0.05) is 13.1 Å². The number of aliphatic hydroxyl groups excluding tert-OH is 2. The maximum absolute atomic E-state index is 15.3. The molecule has 5 heteroatoms. The van der Waals surface area contributed by atoms with Gasteiger partial charge in [-0.05, 0) is 160 Å². The van der Waals surface area contributed by atoms with Gasteiger partial charge in [0.05, 0.1) is 12.1 Å². The molecule has 258 valence electrons. The van der Waals surface area contributed by atoms with Crippen LogP contribution < -0.4 is 0 Å². The van der Waals surface area contributed by atoms with Crippen molar-refractivity contribution in [3.05, 3.63) is 71.8 Å². The van der Waals surface area contributed by atoms with Gasteiger partial charge in [-0.15, -0.1) is 0 Å². The Bertz CT molecular complexity index is 1260. The van der Waals surface area contributed by atoms with E-state index in [4.69, 9.17) is 0 Å². The van der Waals surface area contributed by atoms with Gasteiger partial charge in [0.1, 0.15) is 12.2 Å². The zero-order valence-corrected chi connectivity index (χ0v) is 29.0. The fraction of sp³-hybridized carbons (Fsp3) is 0.698.